The summed E-state index contributed by atoms with van der Waals surface area (Å²) in [6.07, 6.45) is -0.162. The van der Waals surface area contributed by atoms with E-state index in [1.807, 2.05) is 6.92 Å². The maximum atomic E-state index is 5.27. The van der Waals surface area contributed by atoms with Crippen molar-refractivity contribution in [1.82, 2.24) is 20.4 Å². The highest BCUT2D eigenvalue weighted by atomic mass is 16.5. The molecule has 1 aromatic heterocycles. The first-order chi connectivity index (χ1) is 8.55. The monoisotopic (exact) mass is 254 g/mol. The van der Waals surface area contributed by atoms with Crippen LogP contribution in [0.4, 0.5) is 0 Å². The zero-order valence-electron chi connectivity index (χ0n) is 11.6. The largest absolute Gasteiger partial charge is 0.372 e. The van der Waals surface area contributed by atoms with E-state index in [9.17, 15) is 0 Å². The van der Waals surface area contributed by atoms with E-state index in [-0.39, 0.29) is 11.6 Å². The van der Waals surface area contributed by atoms with Gasteiger partial charge < -0.3 is 14.6 Å². The van der Waals surface area contributed by atoms with Gasteiger partial charge in [-0.05, 0) is 20.8 Å². The zero-order valence-corrected chi connectivity index (χ0v) is 11.6. The van der Waals surface area contributed by atoms with Crippen molar-refractivity contribution in [2.45, 2.75) is 32.4 Å². The van der Waals surface area contributed by atoms with E-state index in [0.717, 1.165) is 32.0 Å². The molecule has 0 spiro atoms. The van der Waals surface area contributed by atoms with Crippen LogP contribution in [-0.2, 0) is 10.3 Å². The van der Waals surface area contributed by atoms with Crippen LogP contribution >= 0.6 is 0 Å². The van der Waals surface area contributed by atoms with Gasteiger partial charge in [-0.2, -0.15) is 4.98 Å². The molecular weight excluding hydrogens is 232 g/mol. The number of rotatable bonds is 4. The van der Waals surface area contributed by atoms with Crippen LogP contribution in [0.1, 0.15) is 38.6 Å². The number of nitrogens with one attached hydrogen (secondary N) is 1. The number of hydrogen-bond donors (Lipinski definition) is 1. The van der Waals surface area contributed by atoms with Crippen molar-refractivity contribution in [3.8, 4) is 0 Å². The molecule has 1 fully saturated rings. The summed E-state index contributed by atoms with van der Waals surface area (Å²) in [6.45, 7) is 10.2. The van der Waals surface area contributed by atoms with Gasteiger partial charge in [-0.3, -0.25) is 4.90 Å². The topological polar surface area (TPSA) is 63.4 Å². The molecular formula is C12H22N4O2. The molecule has 102 valence electrons. The van der Waals surface area contributed by atoms with Crippen LogP contribution in [0.25, 0.3) is 0 Å². The Bertz CT molecular complexity index is 385. The molecule has 1 aliphatic rings. The lowest BCUT2D eigenvalue weighted by molar-refractivity contribution is 0.0873. The van der Waals surface area contributed by atoms with Crippen LogP contribution in [0.15, 0.2) is 4.52 Å². The number of aromatic nitrogens is 2. The molecule has 1 N–H and O–H groups in total. The highest BCUT2D eigenvalue weighted by Crippen LogP contribution is 2.26. The quantitative estimate of drug-likeness (QED) is 0.862. The van der Waals surface area contributed by atoms with Gasteiger partial charge in [0.25, 0.3) is 5.89 Å². The van der Waals surface area contributed by atoms with Crippen molar-refractivity contribution in [3.05, 3.63) is 11.7 Å². The van der Waals surface area contributed by atoms with E-state index in [1.54, 1.807) is 7.11 Å². The summed E-state index contributed by atoms with van der Waals surface area (Å²) < 4.78 is 10.5. The summed E-state index contributed by atoms with van der Waals surface area (Å²) >= 11 is 0. The number of ether oxygens (including phenoxy) is 1. The third kappa shape index (κ3) is 2.55. The molecule has 1 aromatic rings. The molecule has 6 nitrogen and oxygen atoms in total. The first-order valence-corrected chi connectivity index (χ1v) is 6.38. The Labute approximate surface area is 108 Å². The molecule has 6 heteroatoms. The molecule has 0 aromatic carbocycles. The Morgan fingerprint density at radius 2 is 2.06 bits per heavy atom. The lowest BCUT2D eigenvalue weighted by atomic mass is 10.0. The first kappa shape index (κ1) is 13.5. The van der Waals surface area contributed by atoms with Crippen LogP contribution < -0.4 is 5.32 Å². The fourth-order valence-corrected chi connectivity index (χ4v) is 2.11. The summed E-state index contributed by atoms with van der Waals surface area (Å²) in [4.78, 5) is 6.83. The van der Waals surface area contributed by atoms with Gasteiger partial charge in [0.2, 0.25) is 0 Å². The van der Waals surface area contributed by atoms with E-state index in [0.29, 0.717) is 5.89 Å². The minimum atomic E-state index is -0.211. The van der Waals surface area contributed by atoms with Gasteiger partial charge in [0.15, 0.2) is 5.82 Å². The lowest BCUT2D eigenvalue weighted by Gasteiger charge is -2.38. The third-order valence-corrected chi connectivity index (χ3v) is 3.60. The first-order valence-electron chi connectivity index (χ1n) is 6.38. The highest BCUT2D eigenvalue weighted by Gasteiger charge is 2.34. The van der Waals surface area contributed by atoms with Gasteiger partial charge in [-0.25, -0.2) is 0 Å². The van der Waals surface area contributed by atoms with E-state index in [1.165, 1.54) is 0 Å². The van der Waals surface area contributed by atoms with Crippen molar-refractivity contribution in [3.63, 3.8) is 0 Å². The number of methoxy groups -OCH3 is 1. The van der Waals surface area contributed by atoms with E-state index in [4.69, 9.17) is 9.26 Å². The van der Waals surface area contributed by atoms with Crippen molar-refractivity contribution < 1.29 is 9.26 Å². The lowest BCUT2D eigenvalue weighted by Crippen LogP contribution is -2.52. The highest BCUT2D eigenvalue weighted by molar-refractivity contribution is 5.03. The van der Waals surface area contributed by atoms with Gasteiger partial charge >= 0.3 is 0 Å². The Balaban J connectivity index is 2.15. The molecule has 1 unspecified atom stereocenters. The molecule has 0 saturated carbocycles. The van der Waals surface area contributed by atoms with Crippen LogP contribution in [0.5, 0.6) is 0 Å². The fourth-order valence-electron chi connectivity index (χ4n) is 2.11. The molecule has 0 aliphatic carbocycles. The molecule has 0 amide bonds. The van der Waals surface area contributed by atoms with Gasteiger partial charge in [0, 0.05) is 33.3 Å². The molecule has 1 atom stereocenters. The van der Waals surface area contributed by atoms with Crippen LogP contribution in [0, 0.1) is 0 Å². The zero-order chi connectivity index (χ0) is 13.2. The third-order valence-electron chi connectivity index (χ3n) is 3.60. The Hall–Kier alpha value is -0.980. The Morgan fingerprint density at radius 1 is 1.39 bits per heavy atom. The van der Waals surface area contributed by atoms with Crippen LogP contribution in [-0.4, -0.2) is 48.3 Å². The minimum absolute atomic E-state index is 0.162. The van der Waals surface area contributed by atoms with Crippen molar-refractivity contribution >= 4 is 0 Å². The summed E-state index contributed by atoms with van der Waals surface area (Å²) in [7, 11) is 1.63. The SMILES string of the molecule is COC(C)c1nc(C(C)(C)N2CCNCC2)no1. The molecule has 2 rings (SSSR count). The summed E-state index contributed by atoms with van der Waals surface area (Å²) in [5, 5.41) is 7.45. The van der Waals surface area contributed by atoms with Crippen LogP contribution in [0.3, 0.4) is 0 Å². The van der Waals surface area contributed by atoms with Gasteiger partial charge in [0.05, 0.1) is 5.54 Å². The van der Waals surface area contributed by atoms with Gasteiger partial charge in [-0.1, -0.05) is 5.16 Å². The average molecular weight is 254 g/mol. The second-order valence-corrected chi connectivity index (χ2v) is 5.13. The maximum absolute atomic E-state index is 5.27. The summed E-state index contributed by atoms with van der Waals surface area (Å²) in [5.41, 5.74) is -0.211. The smallest absolute Gasteiger partial charge is 0.255 e. The van der Waals surface area contributed by atoms with E-state index >= 15 is 0 Å². The molecule has 0 bridgehead atoms. The second-order valence-electron chi connectivity index (χ2n) is 5.13. The second kappa shape index (κ2) is 5.34. The predicted octanol–water partition coefficient (Wildman–Crippen LogP) is 0.917. The minimum Gasteiger partial charge on any atom is -0.372 e. The molecule has 18 heavy (non-hydrogen) atoms. The van der Waals surface area contributed by atoms with Crippen molar-refractivity contribution in [2.75, 3.05) is 33.3 Å². The summed E-state index contributed by atoms with van der Waals surface area (Å²) in [6, 6.07) is 0. The Kier molecular flexibility index (Phi) is 3.99. The number of hydrogen-bond acceptors (Lipinski definition) is 6. The van der Waals surface area contributed by atoms with E-state index in [2.05, 4.69) is 34.2 Å². The Morgan fingerprint density at radius 3 is 2.67 bits per heavy atom. The number of nitrogens with zero attached hydrogens (tertiary/aromatic N) is 3. The van der Waals surface area contributed by atoms with Crippen molar-refractivity contribution in [2.24, 2.45) is 0 Å². The molecule has 1 aliphatic heterocycles. The van der Waals surface area contributed by atoms with Crippen LogP contribution in [0.2, 0.25) is 0 Å². The predicted molar refractivity (Wildman–Crippen MR) is 67.2 cm³/mol. The molecule has 2 heterocycles. The van der Waals surface area contributed by atoms with Gasteiger partial charge in [-0.15, -0.1) is 0 Å². The van der Waals surface area contributed by atoms with E-state index < -0.39 is 0 Å². The van der Waals surface area contributed by atoms with Gasteiger partial charge in [0.1, 0.15) is 6.10 Å². The molecule has 0 radical (unpaired) electrons. The maximum Gasteiger partial charge on any atom is 0.255 e. The summed E-state index contributed by atoms with van der Waals surface area (Å²) in [5.74, 6) is 1.26. The normalized spacial score (nSPS) is 20.0. The fraction of sp³-hybridized carbons (Fsp3) is 0.833. The molecule has 1 saturated heterocycles. The standard InChI is InChI=1S/C12H22N4O2/c1-9(17-4)10-14-11(15-18-10)12(2,3)16-7-5-13-6-8-16/h9,13H,5-8H2,1-4H3. The van der Waals surface area contributed by atoms with Crippen molar-refractivity contribution in [1.29, 1.82) is 0 Å². The average Bonchev–Trinajstić information content (AvgIpc) is 2.89. The number of piperazine rings is 1.